The number of amides is 1. The number of hydrogen-bond donors (Lipinski definition) is 1. The summed E-state index contributed by atoms with van der Waals surface area (Å²) in [5.74, 6) is 0. The summed E-state index contributed by atoms with van der Waals surface area (Å²) in [5.41, 5.74) is 1.81. The van der Waals surface area contributed by atoms with Gasteiger partial charge in [0.2, 0.25) is 0 Å². The van der Waals surface area contributed by atoms with Gasteiger partial charge in [-0.3, -0.25) is 0 Å². The third-order valence-electron chi connectivity index (χ3n) is 2.85. The number of methoxy groups -OCH3 is 1. The molecule has 0 spiro atoms. The molecule has 1 N–H and O–H groups in total. The summed E-state index contributed by atoms with van der Waals surface area (Å²) in [4.78, 5) is 17.1. The van der Waals surface area contributed by atoms with Crippen LogP contribution < -0.4 is 5.32 Å². The van der Waals surface area contributed by atoms with E-state index in [9.17, 15) is 4.79 Å². The number of ether oxygens (including phenoxy) is 1. The standard InChI is InChI=1S/C14H16N2O3S/c1-9(16-19-3)13-11(8-15-14(17)18-2)10-6-4-5-7-12(10)20-13/h4-7H,8H2,1-3H3,(H,15,17). The van der Waals surface area contributed by atoms with Crippen LogP contribution in [0.15, 0.2) is 29.4 Å². The zero-order valence-electron chi connectivity index (χ0n) is 11.6. The predicted molar refractivity (Wildman–Crippen MR) is 80.3 cm³/mol. The molecule has 0 aliphatic carbocycles. The maximum atomic E-state index is 11.3. The van der Waals surface area contributed by atoms with Gasteiger partial charge in [0.1, 0.15) is 7.11 Å². The summed E-state index contributed by atoms with van der Waals surface area (Å²) in [5, 5.41) is 7.80. The minimum absolute atomic E-state index is 0.391. The fourth-order valence-electron chi connectivity index (χ4n) is 1.98. The number of nitrogens with zero attached hydrogens (tertiary/aromatic N) is 1. The van der Waals surface area contributed by atoms with Crippen LogP contribution in [0.2, 0.25) is 0 Å². The van der Waals surface area contributed by atoms with Gasteiger partial charge in [-0.1, -0.05) is 23.4 Å². The molecule has 0 radical (unpaired) electrons. The second kappa shape index (κ2) is 6.38. The number of rotatable bonds is 4. The second-order valence-electron chi connectivity index (χ2n) is 4.11. The SMILES string of the molecule is CON=C(C)c1sc2ccccc2c1CNC(=O)OC. The molecule has 0 aliphatic heterocycles. The number of oxime groups is 1. The molecule has 2 rings (SSSR count). The average molecular weight is 292 g/mol. The minimum atomic E-state index is -0.451. The van der Waals surface area contributed by atoms with Crippen molar-refractivity contribution in [1.29, 1.82) is 0 Å². The van der Waals surface area contributed by atoms with Crippen molar-refractivity contribution in [1.82, 2.24) is 5.32 Å². The zero-order valence-corrected chi connectivity index (χ0v) is 12.4. The van der Waals surface area contributed by atoms with E-state index < -0.39 is 6.09 Å². The number of carbonyl (C=O) groups excluding carboxylic acids is 1. The second-order valence-corrected chi connectivity index (χ2v) is 5.16. The highest BCUT2D eigenvalue weighted by atomic mass is 32.1. The molecule has 1 aromatic carbocycles. The van der Waals surface area contributed by atoms with E-state index >= 15 is 0 Å². The molecule has 106 valence electrons. The first-order chi connectivity index (χ1) is 9.67. The number of benzene rings is 1. The van der Waals surface area contributed by atoms with Crippen LogP contribution in [0.3, 0.4) is 0 Å². The quantitative estimate of drug-likeness (QED) is 0.695. The Morgan fingerprint density at radius 1 is 1.35 bits per heavy atom. The molecular weight excluding hydrogens is 276 g/mol. The van der Waals surface area contributed by atoms with Crippen molar-refractivity contribution in [3.05, 3.63) is 34.7 Å². The summed E-state index contributed by atoms with van der Waals surface area (Å²) in [7, 11) is 2.86. The van der Waals surface area contributed by atoms with Crippen molar-refractivity contribution in [2.75, 3.05) is 14.2 Å². The normalized spacial score (nSPS) is 11.4. The van der Waals surface area contributed by atoms with E-state index in [4.69, 9.17) is 4.84 Å². The third-order valence-corrected chi connectivity index (χ3v) is 4.17. The maximum Gasteiger partial charge on any atom is 0.407 e. The van der Waals surface area contributed by atoms with Crippen LogP contribution in [-0.2, 0) is 16.1 Å². The van der Waals surface area contributed by atoms with Gasteiger partial charge in [-0.05, 0) is 23.9 Å². The van der Waals surface area contributed by atoms with E-state index in [2.05, 4.69) is 15.2 Å². The Morgan fingerprint density at radius 3 is 2.80 bits per heavy atom. The highest BCUT2D eigenvalue weighted by Gasteiger charge is 2.15. The van der Waals surface area contributed by atoms with Gasteiger partial charge in [-0.25, -0.2) is 4.79 Å². The number of thiophene rings is 1. The van der Waals surface area contributed by atoms with Gasteiger partial charge in [-0.15, -0.1) is 11.3 Å². The monoisotopic (exact) mass is 292 g/mol. The Balaban J connectivity index is 2.44. The Morgan fingerprint density at radius 2 is 2.10 bits per heavy atom. The first-order valence-electron chi connectivity index (χ1n) is 6.07. The average Bonchev–Trinajstić information content (AvgIpc) is 2.83. The number of alkyl carbamates (subject to hydrolysis) is 1. The van der Waals surface area contributed by atoms with Gasteiger partial charge >= 0.3 is 6.09 Å². The van der Waals surface area contributed by atoms with Gasteiger partial charge in [0.25, 0.3) is 0 Å². The van der Waals surface area contributed by atoms with Crippen LogP contribution in [0.5, 0.6) is 0 Å². The van der Waals surface area contributed by atoms with Gasteiger partial charge < -0.3 is 14.9 Å². The largest absolute Gasteiger partial charge is 0.453 e. The van der Waals surface area contributed by atoms with Gasteiger partial charge in [-0.2, -0.15) is 0 Å². The van der Waals surface area contributed by atoms with Crippen molar-refractivity contribution < 1.29 is 14.4 Å². The zero-order chi connectivity index (χ0) is 14.5. The number of hydrogen-bond acceptors (Lipinski definition) is 5. The number of nitrogens with one attached hydrogen (secondary N) is 1. The Hall–Kier alpha value is -2.08. The van der Waals surface area contributed by atoms with Crippen LogP contribution in [-0.4, -0.2) is 26.0 Å². The Kier molecular flexibility index (Phi) is 4.57. The van der Waals surface area contributed by atoms with Gasteiger partial charge in [0, 0.05) is 11.2 Å². The summed E-state index contributed by atoms with van der Waals surface area (Å²) in [6, 6.07) is 8.04. The van der Waals surface area contributed by atoms with E-state index in [1.807, 2.05) is 31.2 Å². The van der Waals surface area contributed by atoms with Crippen molar-refractivity contribution >= 4 is 33.2 Å². The minimum Gasteiger partial charge on any atom is -0.453 e. The fraction of sp³-hybridized carbons (Fsp3) is 0.286. The van der Waals surface area contributed by atoms with Crippen LogP contribution in [0, 0.1) is 0 Å². The molecule has 0 unspecified atom stereocenters. The molecule has 6 heteroatoms. The Labute approximate surface area is 121 Å². The van der Waals surface area contributed by atoms with Crippen molar-refractivity contribution in [2.24, 2.45) is 5.16 Å². The molecule has 5 nitrogen and oxygen atoms in total. The molecule has 0 atom stereocenters. The van der Waals surface area contributed by atoms with E-state index in [0.717, 1.165) is 26.2 Å². The summed E-state index contributed by atoms with van der Waals surface area (Å²) < 4.78 is 5.75. The van der Waals surface area contributed by atoms with Crippen LogP contribution in [0.25, 0.3) is 10.1 Å². The topological polar surface area (TPSA) is 59.9 Å². The van der Waals surface area contributed by atoms with Crippen molar-refractivity contribution in [2.45, 2.75) is 13.5 Å². The molecule has 0 saturated carbocycles. The molecule has 1 amide bonds. The number of fused-ring (bicyclic) bond motifs is 1. The van der Waals surface area contributed by atoms with Gasteiger partial charge in [0.05, 0.1) is 17.7 Å². The lowest BCUT2D eigenvalue weighted by atomic mass is 10.1. The molecule has 0 saturated heterocycles. The molecule has 0 bridgehead atoms. The highest BCUT2D eigenvalue weighted by molar-refractivity contribution is 7.21. The molecule has 20 heavy (non-hydrogen) atoms. The number of carbonyl (C=O) groups is 1. The molecule has 0 aliphatic rings. The molecular formula is C14H16N2O3S. The molecule has 1 aromatic heterocycles. The first kappa shape index (κ1) is 14.3. The van der Waals surface area contributed by atoms with Crippen LogP contribution in [0.4, 0.5) is 4.79 Å². The first-order valence-corrected chi connectivity index (χ1v) is 6.89. The van der Waals surface area contributed by atoms with Crippen LogP contribution >= 0.6 is 11.3 Å². The van der Waals surface area contributed by atoms with Crippen molar-refractivity contribution in [3.63, 3.8) is 0 Å². The van der Waals surface area contributed by atoms with E-state index in [-0.39, 0.29) is 0 Å². The maximum absolute atomic E-state index is 11.3. The summed E-state index contributed by atoms with van der Waals surface area (Å²) in [6.45, 7) is 2.28. The third kappa shape index (κ3) is 2.91. The lowest BCUT2D eigenvalue weighted by Crippen LogP contribution is -2.23. The lowest BCUT2D eigenvalue weighted by Gasteiger charge is -2.06. The highest BCUT2D eigenvalue weighted by Crippen LogP contribution is 2.31. The van der Waals surface area contributed by atoms with Gasteiger partial charge in [0.15, 0.2) is 0 Å². The Bertz CT molecular complexity index is 649. The summed E-state index contributed by atoms with van der Waals surface area (Å²) >= 11 is 1.63. The molecule has 0 fully saturated rings. The van der Waals surface area contributed by atoms with Crippen molar-refractivity contribution in [3.8, 4) is 0 Å². The van der Waals surface area contributed by atoms with Crippen LogP contribution in [0.1, 0.15) is 17.4 Å². The van der Waals surface area contributed by atoms with E-state index in [0.29, 0.717) is 6.54 Å². The lowest BCUT2D eigenvalue weighted by molar-refractivity contribution is 0.170. The fourth-order valence-corrected chi connectivity index (χ4v) is 3.14. The van der Waals surface area contributed by atoms with E-state index in [1.165, 1.54) is 14.2 Å². The summed E-state index contributed by atoms with van der Waals surface area (Å²) in [6.07, 6.45) is -0.451. The smallest absolute Gasteiger partial charge is 0.407 e. The van der Waals surface area contributed by atoms with E-state index in [1.54, 1.807) is 11.3 Å². The molecule has 1 heterocycles. The molecule has 2 aromatic rings. The predicted octanol–water partition coefficient (Wildman–Crippen LogP) is 3.13.